The van der Waals surface area contributed by atoms with Crippen molar-refractivity contribution in [3.8, 4) is 5.88 Å². The summed E-state index contributed by atoms with van der Waals surface area (Å²) in [6.07, 6.45) is 5.87. The summed E-state index contributed by atoms with van der Waals surface area (Å²) in [7, 11) is 0. The Hall–Kier alpha value is -2.65. The average Bonchev–Trinajstić information content (AvgIpc) is 3.39. The number of carbonyl (C=O) groups is 2. The van der Waals surface area contributed by atoms with Crippen LogP contribution in [0.3, 0.4) is 0 Å². The first-order valence-electron chi connectivity index (χ1n) is 13.0. The van der Waals surface area contributed by atoms with Crippen LogP contribution in [0.25, 0.3) is 0 Å². The summed E-state index contributed by atoms with van der Waals surface area (Å²) in [6, 6.07) is 3.54. The molecular weight excluding hydrogens is 482 g/mol. The Bertz CT molecular complexity index is 1180. The van der Waals surface area contributed by atoms with E-state index in [4.69, 9.17) is 21.4 Å². The number of piperidine rings is 2. The standard InChI is InChI=1S/C26H32ClN5O4/c1-15-11-18(36-25-20(27)3-2-7-28-25)6-10-31(15)22(34)14-32-21-13-16-12-19(16)23(21)24(29-32)26(35)30-8-4-17(33)5-9-30/h2-3,7,15-19,33H,4-6,8-14H2,1H3/t15-,16-,18-,19-/m1/s1. The Kier molecular flexibility index (Phi) is 6.16. The van der Waals surface area contributed by atoms with Gasteiger partial charge in [-0.25, -0.2) is 4.98 Å². The van der Waals surface area contributed by atoms with E-state index >= 15 is 0 Å². The summed E-state index contributed by atoms with van der Waals surface area (Å²) in [4.78, 5) is 34.6. The lowest BCUT2D eigenvalue weighted by molar-refractivity contribution is -0.136. The highest BCUT2D eigenvalue weighted by molar-refractivity contribution is 6.31. The molecule has 6 rings (SSSR count). The zero-order chi connectivity index (χ0) is 25.0. The lowest BCUT2D eigenvalue weighted by atomic mass is 10.0. The zero-order valence-electron chi connectivity index (χ0n) is 20.5. The smallest absolute Gasteiger partial charge is 0.274 e. The molecule has 1 saturated carbocycles. The lowest BCUT2D eigenvalue weighted by Gasteiger charge is -2.37. The summed E-state index contributed by atoms with van der Waals surface area (Å²) in [5, 5.41) is 15.0. The van der Waals surface area contributed by atoms with Gasteiger partial charge in [0, 0.05) is 56.0 Å². The van der Waals surface area contributed by atoms with Gasteiger partial charge in [0.15, 0.2) is 5.69 Å². The van der Waals surface area contributed by atoms with Crippen molar-refractivity contribution in [2.75, 3.05) is 19.6 Å². The van der Waals surface area contributed by atoms with Crippen LogP contribution in [0, 0.1) is 5.92 Å². The number of hydrogen-bond acceptors (Lipinski definition) is 6. The second-order valence-electron chi connectivity index (χ2n) is 10.7. The van der Waals surface area contributed by atoms with Gasteiger partial charge < -0.3 is 19.6 Å². The molecule has 4 aliphatic rings. The fourth-order valence-corrected chi connectivity index (χ4v) is 6.31. The third-order valence-corrected chi connectivity index (χ3v) is 8.53. The average molecular weight is 514 g/mol. The van der Waals surface area contributed by atoms with Gasteiger partial charge >= 0.3 is 0 Å². The molecule has 4 atom stereocenters. The molecule has 0 unspecified atom stereocenters. The zero-order valence-corrected chi connectivity index (χ0v) is 21.2. The number of fused-ring (bicyclic) bond motifs is 3. The van der Waals surface area contributed by atoms with Crippen molar-refractivity contribution in [2.45, 2.75) is 76.2 Å². The first-order valence-corrected chi connectivity index (χ1v) is 13.4. The van der Waals surface area contributed by atoms with Gasteiger partial charge in [0.1, 0.15) is 17.7 Å². The normalized spacial score (nSPS) is 27.5. The highest BCUT2D eigenvalue weighted by Crippen LogP contribution is 2.57. The molecular formula is C26H32ClN5O4. The van der Waals surface area contributed by atoms with Gasteiger partial charge in [-0.2, -0.15) is 5.10 Å². The van der Waals surface area contributed by atoms with E-state index in [2.05, 4.69) is 4.98 Å². The first-order chi connectivity index (χ1) is 17.4. The molecule has 0 spiro atoms. The van der Waals surface area contributed by atoms with E-state index in [1.54, 1.807) is 27.9 Å². The largest absolute Gasteiger partial charge is 0.473 e. The summed E-state index contributed by atoms with van der Waals surface area (Å²) in [5.74, 6) is 1.38. The number of aliphatic hydroxyl groups is 1. The highest BCUT2D eigenvalue weighted by Gasteiger charge is 2.50. The molecule has 36 heavy (non-hydrogen) atoms. The fraction of sp³-hybridized carbons (Fsp3) is 0.615. The molecule has 1 N–H and O–H groups in total. The van der Waals surface area contributed by atoms with E-state index in [1.807, 2.05) is 11.8 Å². The van der Waals surface area contributed by atoms with Crippen molar-refractivity contribution < 1.29 is 19.4 Å². The molecule has 4 heterocycles. The van der Waals surface area contributed by atoms with Gasteiger partial charge in [0.05, 0.1) is 6.10 Å². The number of halogens is 1. The third kappa shape index (κ3) is 4.36. The summed E-state index contributed by atoms with van der Waals surface area (Å²) < 4.78 is 7.81. The van der Waals surface area contributed by atoms with Crippen LogP contribution in [0.15, 0.2) is 18.3 Å². The molecule has 2 aliphatic carbocycles. The number of pyridine rings is 1. The summed E-state index contributed by atoms with van der Waals surface area (Å²) >= 11 is 6.19. The number of nitrogens with zero attached hydrogens (tertiary/aromatic N) is 5. The van der Waals surface area contributed by atoms with Crippen LogP contribution < -0.4 is 4.74 Å². The first kappa shape index (κ1) is 23.7. The predicted octanol–water partition coefficient (Wildman–Crippen LogP) is 2.65. The van der Waals surface area contributed by atoms with Crippen molar-refractivity contribution in [3.05, 3.63) is 40.3 Å². The Labute approximate surface area is 215 Å². The second kappa shape index (κ2) is 9.34. The number of carbonyl (C=O) groups excluding carboxylic acids is 2. The van der Waals surface area contributed by atoms with Gasteiger partial charge in [-0.15, -0.1) is 0 Å². The minimum absolute atomic E-state index is 0.0108. The van der Waals surface area contributed by atoms with Crippen LogP contribution in [0.2, 0.25) is 5.02 Å². The molecule has 2 saturated heterocycles. The van der Waals surface area contributed by atoms with Crippen LogP contribution >= 0.6 is 11.6 Å². The summed E-state index contributed by atoms with van der Waals surface area (Å²) in [6.45, 7) is 3.87. The van der Waals surface area contributed by atoms with E-state index in [9.17, 15) is 14.7 Å². The van der Waals surface area contributed by atoms with Gasteiger partial charge in [0.25, 0.3) is 5.91 Å². The van der Waals surface area contributed by atoms with Crippen LogP contribution in [0.4, 0.5) is 0 Å². The maximum atomic E-state index is 13.4. The molecule has 0 radical (unpaired) electrons. The lowest BCUT2D eigenvalue weighted by Crippen LogP contribution is -2.48. The minimum atomic E-state index is -0.333. The molecule has 9 nitrogen and oxygen atoms in total. The molecule has 2 amide bonds. The molecule has 0 bridgehead atoms. The molecule has 192 valence electrons. The Morgan fingerprint density at radius 3 is 2.75 bits per heavy atom. The molecule has 2 aliphatic heterocycles. The van der Waals surface area contributed by atoms with Crippen LogP contribution in [-0.4, -0.2) is 79.4 Å². The van der Waals surface area contributed by atoms with E-state index in [1.165, 1.54) is 0 Å². The van der Waals surface area contributed by atoms with Crippen molar-refractivity contribution in [1.29, 1.82) is 0 Å². The maximum Gasteiger partial charge on any atom is 0.274 e. The molecule has 10 heteroatoms. The predicted molar refractivity (Wildman–Crippen MR) is 132 cm³/mol. The number of aromatic nitrogens is 3. The topological polar surface area (TPSA) is 101 Å². The number of likely N-dealkylation sites (tertiary alicyclic amines) is 2. The van der Waals surface area contributed by atoms with Crippen LogP contribution in [0.1, 0.15) is 66.7 Å². The van der Waals surface area contributed by atoms with Crippen LogP contribution in [0.5, 0.6) is 5.88 Å². The number of aliphatic hydroxyl groups excluding tert-OH is 1. The highest BCUT2D eigenvalue weighted by atomic mass is 35.5. The van der Waals surface area contributed by atoms with Crippen molar-refractivity contribution in [2.24, 2.45) is 5.92 Å². The maximum absolute atomic E-state index is 13.4. The van der Waals surface area contributed by atoms with Gasteiger partial charge in [-0.3, -0.25) is 14.3 Å². The Morgan fingerprint density at radius 1 is 1.19 bits per heavy atom. The number of hydrogen-bond donors (Lipinski definition) is 1. The van der Waals surface area contributed by atoms with Crippen molar-refractivity contribution >= 4 is 23.4 Å². The second-order valence-corrected chi connectivity index (χ2v) is 11.1. The monoisotopic (exact) mass is 513 g/mol. The fourth-order valence-electron chi connectivity index (χ4n) is 6.14. The third-order valence-electron chi connectivity index (χ3n) is 8.24. The SMILES string of the molecule is C[C@@H]1C[C@H](Oc2ncccc2Cl)CCN1C(=O)Cn1nc(C(=O)N2CCC(O)CC2)c2c1C[C@H]1C[C@@H]21. The van der Waals surface area contributed by atoms with Crippen molar-refractivity contribution in [1.82, 2.24) is 24.6 Å². The van der Waals surface area contributed by atoms with Gasteiger partial charge in [-0.05, 0) is 56.6 Å². The number of rotatable bonds is 5. The quantitative estimate of drug-likeness (QED) is 0.659. The summed E-state index contributed by atoms with van der Waals surface area (Å²) in [5.41, 5.74) is 2.64. The van der Waals surface area contributed by atoms with E-state index in [0.717, 1.165) is 24.1 Å². The van der Waals surface area contributed by atoms with E-state index < -0.39 is 0 Å². The van der Waals surface area contributed by atoms with Gasteiger partial charge in [-0.1, -0.05) is 11.6 Å². The molecule has 2 aromatic rings. The van der Waals surface area contributed by atoms with Gasteiger partial charge in [0.2, 0.25) is 11.8 Å². The van der Waals surface area contributed by atoms with Crippen molar-refractivity contribution in [3.63, 3.8) is 0 Å². The number of ether oxygens (including phenoxy) is 1. The number of amides is 2. The molecule has 2 aromatic heterocycles. The van der Waals surface area contributed by atoms with Crippen LogP contribution in [-0.2, 0) is 17.8 Å². The molecule has 0 aromatic carbocycles. The van der Waals surface area contributed by atoms with E-state index in [-0.39, 0.29) is 36.6 Å². The minimum Gasteiger partial charge on any atom is -0.473 e. The van der Waals surface area contributed by atoms with E-state index in [0.29, 0.717) is 73.7 Å². The Morgan fingerprint density at radius 2 is 2.00 bits per heavy atom. The Balaban J connectivity index is 1.13. The molecule has 3 fully saturated rings.